The Hall–Kier alpha value is -2.00. The molecular weight excluding hydrogens is 361 g/mol. The molecule has 2 heterocycles. The zero-order valence-corrected chi connectivity index (χ0v) is 15.7. The molecule has 1 aromatic rings. The van der Waals surface area contributed by atoms with E-state index in [1.165, 1.54) is 21.3 Å². The molecule has 2 saturated heterocycles. The van der Waals surface area contributed by atoms with E-state index >= 15 is 0 Å². The number of hydrogen-bond donors (Lipinski definition) is 0. The van der Waals surface area contributed by atoms with Crippen molar-refractivity contribution in [1.82, 2.24) is 14.1 Å². The van der Waals surface area contributed by atoms with Gasteiger partial charge in [-0.05, 0) is 38.0 Å². The molecule has 2 fully saturated rings. The van der Waals surface area contributed by atoms with Crippen molar-refractivity contribution in [3.8, 4) is 0 Å². The second-order valence-electron chi connectivity index (χ2n) is 7.02. The van der Waals surface area contributed by atoms with Crippen LogP contribution < -0.4 is 0 Å². The van der Waals surface area contributed by atoms with Gasteiger partial charge in [0.05, 0.1) is 12.3 Å². The molecule has 0 bridgehead atoms. The third-order valence-corrected chi connectivity index (χ3v) is 6.11. The maximum absolute atomic E-state index is 13.5. The molecule has 3 amide bonds. The lowest BCUT2D eigenvalue weighted by Crippen LogP contribution is -2.66. The molecule has 2 atom stereocenters. The fourth-order valence-electron chi connectivity index (χ4n) is 3.74. The summed E-state index contributed by atoms with van der Waals surface area (Å²) in [6.07, 6.45) is 1.44. The summed E-state index contributed by atoms with van der Waals surface area (Å²) in [6, 6.07) is 3.54. The van der Waals surface area contributed by atoms with Crippen molar-refractivity contribution in [2.45, 2.75) is 44.9 Å². The van der Waals surface area contributed by atoms with Gasteiger partial charge in [0.25, 0.3) is 5.91 Å². The number of rotatable bonds is 4. The molecule has 2 aliphatic heterocycles. The topological polar surface area (TPSA) is 78.0 Å². The van der Waals surface area contributed by atoms with Crippen molar-refractivity contribution in [3.05, 3.63) is 35.6 Å². The van der Waals surface area contributed by atoms with Crippen molar-refractivity contribution in [2.75, 3.05) is 12.8 Å². The molecule has 26 heavy (non-hydrogen) atoms. The molecule has 0 aromatic heterocycles. The fourth-order valence-corrected chi connectivity index (χ4v) is 4.82. The first-order valence-electron chi connectivity index (χ1n) is 8.46. The first-order valence-corrected chi connectivity index (χ1v) is 10.3. The average Bonchev–Trinajstić information content (AvgIpc) is 2.96. The Morgan fingerprint density at radius 3 is 2.54 bits per heavy atom. The molecule has 3 rings (SSSR count). The smallest absolute Gasteiger partial charge is 0.315 e. The number of benzene rings is 1. The van der Waals surface area contributed by atoms with E-state index in [4.69, 9.17) is 0 Å². The van der Waals surface area contributed by atoms with Crippen LogP contribution in [0.25, 0.3) is 0 Å². The molecule has 0 radical (unpaired) electrons. The molecule has 7 nitrogen and oxygen atoms in total. The number of hydrogen-bond acceptors (Lipinski definition) is 4. The van der Waals surface area contributed by atoms with E-state index in [0.717, 1.165) is 11.2 Å². The predicted molar refractivity (Wildman–Crippen MR) is 93.1 cm³/mol. The standard InChI is InChI=1S/C17H22FN3O4S/c1-11(2)21-16(22)15-14(7-8-20(15)26(3,24)25)19(17(21)23)10-12-5-4-6-13(18)9-12/h4-6,9,11,14-15H,7-8,10H2,1-3H3/t14-,15+/m1/s1. The van der Waals surface area contributed by atoms with Gasteiger partial charge in [-0.2, -0.15) is 4.31 Å². The zero-order chi connectivity index (χ0) is 19.2. The minimum Gasteiger partial charge on any atom is -0.315 e. The van der Waals surface area contributed by atoms with Crippen molar-refractivity contribution in [1.29, 1.82) is 0 Å². The molecule has 9 heteroatoms. The molecule has 0 spiro atoms. The molecule has 2 aliphatic rings. The van der Waals surface area contributed by atoms with Crippen LogP contribution >= 0.6 is 0 Å². The minimum atomic E-state index is -3.59. The van der Waals surface area contributed by atoms with Crippen LogP contribution in [0.1, 0.15) is 25.8 Å². The number of sulfonamides is 1. The average molecular weight is 383 g/mol. The molecule has 0 aliphatic carbocycles. The summed E-state index contributed by atoms with van der Waals surface area (Å²) in [4.78, 5) is 28.4. The van der Waals surface area contributed by atoms with E-state index in [1.54, 1.807) is 26.0 Å². The zero-order valence-electron chi connectivity index (χ0n) is 14.9. The van der Waals surface area contributed by atoms with Crippen molar-refractivity contribution >= 4 is 22.0 Å². The van der Waals surface area contributed by atoms with Gasteiger partial charge in [0.1, 0.15) is 11.9 Å². The summed E-state index contributed by atoms with van der Waals surface area (Å²) in [5, 5.41) is 0. The normalized spacial score (nSPS) is 24.5. The van der Waals surface area contributed by atoms with Gasteiger partial charge >= 0.3 is 6.03 Å². The van der Waals surface area contributed by atoms with E-state index in [2.05, 4.69) is 0 Å². The minimum absolute atomic E-state index is 0.117. The molecular formula is C17H22FN3O4S. The van der Waals surface area contributed by atoms with E-state index in [0.29, 0.717) is 12.0 Å². The fraction of sp³-hybridized carbons (Fsp3) is 0.529. The number of imide groups is 1. The van der Waals surface area contributed by atoms with Gasteiger partial charge in [-0.15, -0.1) is 0 Å². The lowest BCUT2D eigenvalue weighted by atomic mass is 10.0. The molecule has 1 aromatic carbocycles. The first-order chi connectivity index (χ1) is 12.1. The maximum Gasteiger partial charge on any atom is 0.327 e. The largest absolute Gasteiger partial charge is 0.327 e. The summed E-state index contributed by atoms with van der Waals surface area (Å²) in [5.41, 5.74) is 0.591. The highest BCUT2D eigenvalue weighted by Crippen LogP contribution is 2.33. The number of carbonyl (C=O) groups is 2. The Morgan fingerprint density at radius 1 is 1.27 bits per heavy atom. The van der Waals surface area contributed by atoms with Gasteiger partial charge in [0.15, 0.2) is 0 Å². The Labute approximate surface area is 152 Å². The highest BCUT2D eigenvalue weighted by atomic mass is 32.2. The van der Waals surface area contributed by atoms with Crippen LogP contribution in [-0.2, 0) is 21.4 Å². The van der Waals surface area contributed by atoms with Crippen LogP contribution in [-0.4, -0.2) is 65.4 Å². The predicted octanol–water partition coefficient (Wildman–Crippen LogP) is 1.40. The van der Waals surface area contributed by atoms with Crippen molar-refractivity contribution in [3.63, 3.8) is 0 Å². The van der Waals surface area contributed by atoms with Crippen LogP contribution in [0.3, 0.4) is 0 Å². The molecule has 0 saturated carbocycles. The third-order valence-electron chi connectivity index (χ3n) is 4.85. The molecule has 142 valence electrons. The van der Waals surface area contributed by atoms with Crippen LogP contribution in [0.15, 0.2) is 24.3 Å². The summed E-state index contributed by atoms with van der Waals surface area (Å²) >= 11 is 0. The maximum atomic E-state index is 13.5. The van der Waals surface area contributed by atoms with Gasteiger partial charge in [-0.3, -0.25) is 9.69 Å². The van der Waals surface area contributed by atoms with Crippen LogP contribution in [0.4, 0.5) is 9.18 Å². The Kier molecular flexibility index (Phi) is 4.78. The van der Waals surface area contributed by atoms with Crippen LogP contribution in [0.2, 0.25) is 0 Å². The molecule has 0 unspecified atom stereocenters. The molecule has 0 N–H and O–H groups in total. The Morgan fingerprint density at radius 2 is 1.96 bits per heavy atom. The number of urea groups is 1. The van der Waals surface area contributed by atoms with Gasteiger partial charge in [-0.25, -0.2) is 17.6 Å². The summed E-state index contributed by atoms with van der Waals surface area (Å²) in [6.45, 7) is 3.71. The Balaban J connectivity index is 2.00. The number of fused-ring (bicyclic) bond motifs is 1. The van der Waals surface area contributed by atoms with E-state index in [9.17, 15) is 22.4 Å². The van der Waals surface area contributed by atoms with E-state index in [-0.39, 0.29) is 13.1 Å². The number of nitrogens with zero attached hydrogens (tertiary/aromatic N) is 3. The second kappa shape index (κ2) is 6.62. The van der Waals surface area contributed by atoms with Gasteiger partial charge < -0.3 is 4.90 Å². The highest BCUT2D eigenvalue weighted by molar-refractivity contribution is 7.88. The lowest BCUT2D eigenvalue weighted by molar-refractivity contribution is -0.138. The summed E-state index contributed by atoms with van der Waals surface area (Å²) in [5.74, 6) is -0.905. The van der Waals surface area contributed by atoms with E-state index < -0.39 is 45.9 Å². The number of amides is 3. The van der Waals surface area contributed by atoms with Crippen LogP contribution in [0, 0.1) is 5.82 Å². The van der Waals surface area contributed by atoms with Gasteiger partial charge in [-0.1, -0.05) is 12.1 Å². The quantitative estimate of drug-likeness (QED) is 0.787. The summed E-state index contributed by atoms with van der Waals surface area (Å²) < 4.78 is 38.9. The van der Waals surface area contributed by atoms with Gasteiger partial charge in [0.2, 0.25) is 10.0 Å². The highest BCUT2D eigenvalue weighted by Gasteiger charge is 2.54. The third kappa shape index (κ3) is 3.21. The van der Waals surface area contributed by atoms with Crippen LogP contribution in [0.5, 0.6) is 0 Å². The van der Waals surface area contributed by atoms with Crippen molar-refractivity contribution < 1.29 is 22.4 Å². The monoisotopic (exact) mass is 383 g/mol. The SMILES string of the molecule is CC(C)N1C(=O)[C@@H]2[C@@H](CCN2S(C)(=O)=O)N(Cc2cccc(F)c2)C1=O. The van der Waals surface area contributed by atoms with Gasteiger partial charge in [0, 0.05) is 19.1 Å². The van der Waals surface area contributed by atoms with Crippen molar-refractivity contribution in [2.24, 2.45) is 0 Å². The second-order valence-corrected chi connectivity index (χ2v) is 8.95. The lowest BCUT2D eigenvalue weighted by Gasteiger charge is -2.44. The van der Waals surface area contributed by atoms with E-state index in [1.807, 2.05) is 0 Å². The number of halogens is 1. The Bertz CT molecular complexity index is 842. The summed E-state index contributed by atoms with van der Waals surface area (Å²) in [7, 11) is -3.59. The first kappa shape index (κ1) is 18.8. The number of carbonyl (C=O) groups excluding carboxylic acids is 2.